The number of imidazole rings is 2. The van der Waals surface area contributed by atoms with Gasteiger partial charge in [0.1, 0.15) is 11.6 Å². The van der Waals surface area contributed by atoms with Gasteiger partial charge in [-0.2, -0.15) is 4.98 Å². The normalized spacial score (nSPS) is 11.2. The van der Waals surface area contributed by atoms with Gasteiger partial charge in [-0.1, -0.05) is 121 Å². The highest BCUT2D eigenvalue weighted by Gasteiger charge is 2.28. The van der Waals surface area contributed by atoms with Gasteiger partial charge in [-0.05, 0) is 36.4 Å². The molecule has 11 nitrogen and oxygen atoms in total. The lowest BCUT2D eigenvalue weighted by Crippen LogP contribution is -2.05. The number of aromatic hydroxyl groups is 4. The van der Waals surface area contributed by atoms with Gasteiger partial charge in [0.05, 0.1) is 22.8 Å². The van der Waals surface area contributed by atoms with Crippen LogP contribution in [0.4, 0.5) is 0 Å². The number of rotatable bonds is 8. The van der Waals surface area contributed by atoms with Crippen LogP contribution in [0.2, 0.25) is 0 Å². The zero-order valence-electron chi connectivity index (χ0n) is 29.0. The van der Waals surface area contributed by atoms with Crippen LogP contribution in [0.3, 0.4) is 0 Å². The fraction of sp³-hybridized carbons (Fsp3) is 0. The molecular weight excluding hydrogens is 691 g/mol. The van der Waals surface area contributed by atoms with Crippen molar-refractivity contribution >= 4 is 0 Å². The second kappa shape index (κ2) is 13.6. The highest BCUT2D eigenvalue weighted by atomic mass is 16.3. The highest BCUT2D eigenvalue weighted by Crippen LogP contribution is 2.42. The fourth-order valence-corrected chi connectivity index (χ4v) is 6.72. The van der Waals surface area contributed by atoms with Gasteiger partial charge in [0.2, 0.25) is 5.95 Å². The minimum absolute atomic E-state index is 0.236. The van der Waals surface area contributed by atoms with Crippen molar-refractivity contribution in [2.45, 2.75) is 0 Å². The van der Waals surface area contributed by atoms with Gasteiger partial charge in [-0.25, -0.2) is 15.1 Å². The fourth-order valence-electron chi connectivity index (χ4n) is 6.72. The van der Waals surface area contributed by atoms with Crippen molar-refractivity contribution in [1.29, 1.82) is 0 Å². The summed E-state index contributed by atoms with van der Waals surface area (Å²) in [5.74, 6) is 0.272. The van der Waals surface area contributed by atoms with Crippen LogP contribution in [0, 0.1) is 0 Å². The third-order valence-electron chi connectivity index (χ3n) is 9.28. The Morgan fingerprint density at radius 3 is 1.22 bits per heavy atom. The van der Waals surface area contributed by atoms with E-state index in [0.29, 0.717) is 51.5 Å². The van der Waals surface area contributed by atoms with Crippen molar-refractivity contribution in [3.8, 4) is 103 Å². The molecule has 0 aliphatic heterocycles. The molecule has 3 heterocycles. The zero-order valence-corrected chi connectivity index (χ0v) is 29.0. The van der Waals surface area contributed by atoms with Crippen LogP contribution in [0.1, 0.15) is 0 Å². The standard InChI is InChI=1S/C44H31N7O4/c52-33-23-21-31(25-35(33)54)41-45-37(27-13-5-1-6-14-27)39(29-17-9-3-10-18-29)50(41)43-47-44(49-48-43)51-40(30-19-11-4-12-20-30)38(28-15-7-2-8-16-28)46-42(51)32-22-24-34(53)36(55)26-32/h1-26,52-55H,(H,47,48,49). The van der Waals surface area contributed by atoms with Crippen LogP contribution in [-0.2, 0) is 0 Å². The number of aromatic amines is 1. The Bertz CT molecular complexity index is 2610. The third kappa shape index (κ3) is 5.91. The van der Waals surface area contributed by atoms with Crippen LogP contribution >= 0.6 is 0 Å². The van der Waals surface area contributed by atoms with Gasteiger partial charge in [0, 0.05) is 33.4 Å². The van der Waals surface area contributed by atoms with Crippen molar-refractivity contribution in [3.63, 3.8) is 0 Å². The molecule has 0 amide bonds. The van der Waals surface area contributed by atoms with Crippen LogP contribution in [0.5, 0.6) is 23.0 Å². The number of nitrogens with zero attached hydrogens (tertiary/aromatic N) is 6. The first-order valence-corrected chi connectivity index (χ1v) is 17.4. The van der Waals surface area contributed by atoms with Crippen LogP contribution in [0.15, 0.2) is 158 Å². The minimum atomic E-state index is -0.300. The smallest absolute Gasteiger partial charge is 0.256 e. The predicted octanol–water partition coefficient (Wildman–Crippen LogP) is 9.00. The molecule has 0 saturated heterocycles. The lowest BCUT2D eigenvalue weighted by Gasteiger charge is -2.12. The summed E-state index contributed by atoms with van der Waals surface area (Å²) in [4.78, 5) is 15.5. The van der Waals surface area contributed by atoms with E-state index in [0.717, 1.165) is 22.3 Å². The molecule has 0 fully saturated rings. The Morgan fingerprint density at radius 1 is 0.382 bits per heavy atom. The summed E-state index contributed by atoms with van der Waals surface area (Å²) >= 11 is 0. The molecule has 0 atom stereocenters. The molecule has 0 saturated carbocycles. The van der Waals surface area contributed by atoms with Gasteiger partial charge >= 0.3 is 0 Å². The van der Waals surface area contributed by atoms with Crippen LogP contribution in [-0.4, -0.2) is 54.7 Å². The van der Waals surface area contributed by atoms with Crippen molar-refractivity contribution < 1.29 is 20.4 Å². The van der Waals surface area contributed by atoms with E-state index in [1.54, 1.807) is 12.1 Å². The maximum atomic E-state index is 10.6. The van der Waals surface area contributed by atoms with Gasteiger partial charge in [0.15, 0.2) is 23.0 Å². The SMILES string of the molecule is Oc1ccc(-c2nc(-c3ccccc3)c(-c3ccccc3)n2-c2n[nH]c(-n3c(-c4ccc(O)c(O)c4)nc(-c4ccccc4)c3-c3ccccc3)n2)cc1O. The number of benzene rings is 6. The monoisotopic (exact) mass is 721 g/mol. The largest absolute Gasteiger partial charge is 0.504 e. The van der Waals surface area contributed by atoms with Crippen molar-refractivity contribution in [1.82, 2.24) is 34.3 Å². The maximum Gasteiger partial charge on any atom is 0.256 e. The summed E-state index contributed by atoms with van der Waals surface area (Å²) in [7, 11) is 0. The quantitative estimate of drug-likeness (QED) is 0.0973. The molecule has 6 aromatic carbocycles. The Labute approximate surface area is 314 Å². The van der Waals surface area contributed by atoms with Gasteiger partial charge in [0.25, 0.3) is 5.95 Å². The molecule has 9 rings (SSSR count). The Morgan fingerprint density at radius 2 is 0.782 bits per heavy atom. The minimum Gasteiger partial charge on any atom is -0.504 e. The summed E-state index contributed by atoms with van der Waals surface area (Å²) in [5, 5.41) is 49.7. The number of phenolic OH excluding ortho intramolecular Hbond substituents is 4. The van der Waals surface area contributed by atoms with E-state index in [4.69, 9.17) is 20.1 Å². The molecule has 5 N–H and O–H groups in total. The first-order chi connectivity index (χ1) is 26.9. The van der Waals surface area contributed by atoms with Crippen LogP contribution < -0.4 is 0 Å². The van der Waals surface area contributed by atoms with Crippen LogP contribution in [0.25, 0.3) is 79.7 Å². The highest BCUT2D eigenvalue weighted by molar-refractivity contribution is 5.85. The Kier molecular flexibility index (Phi) is 8.13. The second-order valence-electron chi connectivity index (χ2n) is 12.8. The number of aromatic nitrogens is 7. The van der Waals surface area contributed by atoms with E-state index >= 15 is 0 Å². The molecule has 0 bridgehead atoms. The summed E-state index contributed by atoms with van der Waals surface area (Å²) in [5.41, 5.74) is 7.14. The molecule has 266 valence electrons. The topological polar surface area (TPSA) is 158 Å². The predicted molar refractivity (Wildman–Crippen MR) is 210 cm³/mol. The Balaban J connectivity index is 1.35. The summed E-state index contributed by atoms with van der Waals surface area (Å²) in [6.45, 7) is 0. The number of H-pyrrole nitrogens is 1. The average Bonchev–Trinajstić information content (AvgIpc) is 3.97. The van der Waals surface area contributed by atoms with E-state index in [1.165, 1.54) is 24.3 Å². The van der Waals surface area contributed by atoms with E-state index < -0.39 is 0 Å². The lowest BCUT2D eigenvalue weighted by atomic mass is 10.0. The van der Waals surface area contributed by atoms with E-state index in [9.17, 15) is 20.4 Å². The summed E-state index contributed by atoms with van der Waals surface area (Å²) in [6.07, 6.45) is 0. The maximum absolute atomic E-state index is 10.6. The molecule has 0 unspecified atom stereocenters. The third-order valence-corrected chi connectivity index (χ3v) is 9.28. The molecular formula is C44H31N7O4. The number of hydrogen-bond donors (Lipinski definition) is 5. The zero-order chi connectivity index (χ0) is 37.5. The molecule has 0 radical (unpaired) electrons. The molecule has 0 aliphatic carbocycles. The second-order valence-corrected chi connectivity index (χ2v) is 12.8. The van der Waals surface area contributed by atoms with Gasteiger partial charge in [-0.15, -0.1) is 5.10 Å². The number of phenols is 4. The van der Waals surface area contributed by atoms with Gasteiger partial charge in [-0.3, -0.25) is 9.13 Å². The van der Waals surface area contributed by atoms with Crippen molar-refractivity contribution in [2.24, 2.45) is 0 Å². The Hall–Kier alpha value is -7.92. The number of nitrogens with one attached hydrogen (secondary N) is 1. The molecule has 3 aromatic heterocycles. The summed E-state index contributed by atoms with van der Waals surface area (Å²) in [6, 6.07) is 48.3. The van der Waals surface area contributed by atoms with E-state index in [1.807, 2.05) is 130 Å². The molecule has 11 heteroatoms. The first-order valence-electron chi connectivity index (χ1n) is 17.4. The average molecular weight is 722 g/mol. The summed E-state index contributed by atoms with van der Waals surface area (Å²) < 4.78 is 3.68. The van der Waals surface area contributed by atoms with E-state index in [-0.39, 0.29) is 28.9 Å². The molecule has 55 heavy (non-hydrogen) atoms. The van der Waals surface area contributed by atoms with Gasteiger partial charge < -0.3 is 20.4 Å². The molecule has 9 aromatic rings. The van der Waals surface area contributed by atoms with Crippen molar-refractivity contribution in [3.05, 3.63) is 158 Å². The molecule has 0 aliphatic rings. The first kappa shape index (κ1) is 33.0. The molecule has 0 spiro atoms. The van der Waals surface area contributed by atoms with Crippen molar-refractivity contribution in [2.75, 3.05) is 0 Å². The number of hydrogen-bond acceptors (Lipinski definition) is 8. The van der Waals surface area contributed by atoms with E-state index in [2.05, 4.69) is 5.10 Å². The lowest BCUT2D eigenvalue weighted by molar-refractivity contribution is 0.404.